The Bertz CT molecular complexity index is 153. The maximum Gasteiger partial charge on any atom is 0.308 e. The van der Waals surface area contributed by atoms with Crippen LogP contribution in [0.25, 0.3) is 0 Å². The first-order chi connectivity index (χ1) is 5.07. The second-order valence-corrected chi connectivity index (χ2v) is 2.14. The van der Waals surface area contributed by atoms with Crippen LogP contribution in [0, 0.1) is 0 Å². The van der Waals surface area contributed by atoms with E-state index in [1.165, 1.54) is 6.92 Å². The lowest BCUT2D eigenvalue weighted by Gasteiger charge is -2.04. The number of carbonyl (C=O) groups is 2. The minimum atomic E-state index is -1.21. The summed E-state index contributed by atoms with van der Waals surface area (Å²) in [6, 6.07) is 0. The van der Waals surface area contributed by atoms with Crippen LogP contribution >= 0.6 is 0 Å². The van der Waals surface area contributed by atoms with E-state index in [2.05, 4.69) is 4.74 Å². The molecule has 64 valence electrons. The Labute approximate surface area is 65.2 Å². The quantitative estimate of drug-likeness (QED) is 0.583. The van der Waals surface area contributed by atoms with E-state index in [1.54, 1.807) is 6.92 Å². The number of Topliss-reactive ketones (excluding diaryl/α,β-unsaturated/α-hetero) is 1. The van der Waals surface area contributed by atoms with Crippen molar-refractivity contribution in [1.82, 2.24) is 0 Å². The van der Waals surface area contributed by atoms with Gasteiger partial charge in [-0.1, -0.05) is 0 Å². The van der Waals surface area contributed by atoms with Gasteiger partial charge in [0.15, 0.2) is 5.78 Å². The van der Waals surface area contributed by atoms with Crippen LogP contribution in [0.1, 0.15) is 20.3 Å². The number of hydrogen-bond donors (Lipinski definition) is 1. The highest BCUT2D eigenvalue weighted by Crippen LogP contribution is 1.95. The fraction of sp³-hybridized carbons (Fsp3) is 0.714. The van der Waals surface area contributed by atoms with Gasteiger partial charge in [-0.25, -0.2) is 0 Å². The van der Waals surface area contributed by atoms with Gasteiger partial charge in [0, 0.05) is 0 Å². The molecule has 0 amide bonds. The third-order valence-electron chi connectivity index (χ3n) is 1.13. The molecule has 0 saturated heterocycles. The molecule has 0 saturated carbocycles. The van der Waals surface area contributed by atoms with Gasteiger partial charge in [-0.3, -0.25) is 9.59 Å². The van der Waals surface area contributed by atoms with Crippen LogP contribution in [-0.4, -0.2) is 29.6 Å². The van der Waals surface area contributed by atoms with Crippen LogP contribution < -0.4 is 0 Å². The standard InChI is InChI=1S/C7H12O4/c1-3-11-7(10)4-6(9)5(2)8/h6,9H,3-4H2,1-2H3/t6-/m1/s1. The molecule has 0 aliphatic rings. The van der Waals surface area contributed by atoms with Crippen LogP contribution in [0.3, 0.4) is 0 Å². The van der Waals surface area contributed by atoms with Gasteiger partial charge in [0.1, 0.15) is 6.10 Å². The summed E-state index contributed by atoms with van der Waals surface area (Å²) in [5, 5.41) is 8.87. The Balaban J connectivity index is 3.66. The topological polar surface area (TPSA) is 63.6 Å². The molecule has 0 aromatic rings. The number of hydrogen-bond acceptors (Lipinski definition) is 4. The molecule has 0 bridgehead atoms. The summed E-state index contributed by atoms with van der Waals surface area (Å²) in [6.45, 7) is 3.16. The van der Waals surface area contributed by atoms with Gasteiger partial charge >= 0.3 is 5.97 Å². The Hall–Kier alpha value is -0.900. The van der Waals surface area contributed by atoms with Gasteiger partial charge in [0.2, 0.25) is 0 Å². The third-order valence-corrected chi connectivity index (χ3v) is 1.13. The van der Waals surface area contributed by atoms with E-state index in [1.807, 2.05) is 0 Å². The average Bonchev–Trinajstić information content (AvgIpc) is 1.87. The Kier molecular flexibility index (Phi) is 4.45. The molecule has 0 aliphatic carbocycles. The van der Waals surface area contributed by atoms with Crippen molar-refractivity contribution in [2.24, 2.45) is 0 Å². The third kappa shape index (κ3) is 4.50. The SMILES string of the molecule is CCOC(=O)C[C@@H](O)C(C)=O. The average molecular weight is 160 g/mol. The van der Waals surface area contributed by atoms with Crippen LogP contribution in [0.5, 0.6) is 0 Å². The molecule has 0 aliphatic heterocycles. The molecule has 0 unspecified atom stereocenters. The highest BCUT2D eigenvalue weighted by atomic mass is 16.5. The lowest BCUT2D eigenvalue weighted by atomic mass is 10.2. The van der Waals surface area contributed by atoms with E-state index in [9.17, 15) is 9.59 Å². The van der Waals surface area contributed by atoms with Crippen LogP contribution in [-0.2, 0) is 14.3 Å². The smallest absolute Gasteiger partial charge is 0.308 e. The van der Waals surface area contributed by atoms with Crippen LogP contribution in [0.2, 0.25) is 0 Å². The largest absolute Gasteiger partial charge is 0.466 e. The monoisotopic (exact) mass is 160 g/mol. The van der Waals surface area contributed by atoms with Crippen LogP contribution in [0.15, 0.2) is 0 Å². The predicted octanol–water partition coefficient (Wildman–Crippen LogP) is -0.111. The van der Waals surface area contributed by atoms with E-state index in [4.69, 9.17) is 5.11 Å². The van der Waals surface area contributed by atoms with Crippen molar-refractivity contribution in [2.45, 2.75) is 26.4 Å². The Morgan fingerprint density at radius 3 is 2.45 bits per heavy atom. The number of ketones is 1. The molecular formula is C7H12O4. The van der Waals surface area contributed by atoms with E-state index in [-0.39, 0.29) is 13.0 Å². The maximum atomic E-state index is 10.6. The molecule has 0 aromatic carbocycles. The molecule has 0 rings (SSSR count). The normalized spacial score (nSPS) is 12.3. The molecule has 1 N–H and O–H groups in total. The number of aliphatic hydroxyl groups excluding tert-OH is 1. The van der Waals surface area contributed by atoms with Crippen molar-refractivity contribution >= 4 is 11.8 Å². The fourth-order valence-electron chi connectivity index (χ4n) is 0.522. The summed E-state index contributed by atoms with van der Waals surface area (Å²) in [7, 11) is 0. The maximum absolute atomic E-state index is 10.6. The minimum Gasteiger partial charge on any atom is -0.466 e. The molecule has 0 radical (unpaired) electrons. The van der Waals surface area contributed by atoms with Crippen molar-refractivity contribution in [2.75, 3.05) is 6.61 Å². The number of ether oxygens (including phenoxy) is 1. The number of rotatable bonds is 4. The van der Waals surface area contributed by atoms with E-state index in [0.29, 0.717) is 0 Å². The zero-order valence-corrected chi connectivity index (χ0v) is 6.66. The molecule has 11 heavy (non-hydrogen) atoms. The summed E-state index contributed by atoms with van der Waals surface area (Å²) in [5.41, 5.74) is 0. The zero-order valence-electron chi connectivity index (χ0n) is 6.66. The fourth-order valence-corrected chi connectivity index (χ4v) is 0.522. The summed E-state index contributed by atoms with van der Waals surface area (Å²) >= 11 is 0. The van der Waals surface area contributed by atoms with Crippen molar-refractivity contribution in [3.05, 3.63) is 0 Å². The molecule has 4 nitrogen and oxygen atoms in total. The van der Waals surface area contributed by atoms with Gasteiger partial charge in [0.25, 0.3) is 0 Å². The first-order valence-electron chi connectivity index (χ1n) is 3.42. The predicted molar refractivity (Wildman–Crippen MR) is 37.9 cm³/mol. The molecule has 0 fully saturated rings. The molecular weight excluding hydrogens is 148 g/mol. The number of carbonyl (C=O) groups excluding carboxylic acids is 2. The summed E-state index contributed by atoms with van der Waals surface area (Å²) in [4.78, 5) is 21.0. The Morgan fingerprint density at radius 1 is 1.55 bits per heavy atom. The zero-order chi connectivity index (χ0) is 8.85. The van der Waals surface area contributed by atoms with Crippen molar-refractivity contribution < 1.29 is 19.4 Å². The lowest BCUT2D eigenvalue weighted by molar-refractivity contribution is -0.147. The molecule has 1 atom stereocenters. The second-order valence-electron chi connectivity index (χ2n) is 2.14. The summed E-state index contributed by atoms with van der Waals surface area (Å²) < 4.78 is 4.51. The minimum absolute atomic E-state index is 0.247. The van der Waals surface area contributed by atoms with Gasteiger partial charge in [0.05, 0.1) is 13.0 Å². The van der Waals surface area contributed by atoms with Crippen molar-refractivity contribution in [1.29, 1.82) is 0 Å². The van der Waals surface area contributed by atoms with Gasteiger partial charge in [-0.2, -0.15) is 0 Å². The van der Waals surface area contributed by atoms with Crippen molar-refractivity contribution in [3.63, 3.8) is 0 Å². The molecule has 0 spiro atoms. The van der Waals surface area contributed by atoms with Gasteiger partial charge in [-0.15, -0.1) is 0 Å². The van der Waals surface area contributed by atoms with E-state index in [0.717, 1.165) is 0 Å². The second kappa shape index (κ2) is 4.85. The number of aliphatic hydroxyl groups is 1. The van der Waals surface area contributed by atoms with Crippen LogP contribution in [0.4, 0.5) is 0 Å². The van der Waals surface area contributed by atoms with E-state index >= 15 is 0 Å². The first kappa shape index (κ1) is 10.1. The van der Waals surface area contributed by atoms with Crippen molar-refractivity contribution in [3.8, 4) is 0 Å². The highest BCUT2D eigenvalue weighted by molar-refractivity contribution is 5.85. The molecule has 0 aromatic heterocycles. The van der Waals surface area contributed by atoms with Gasteiger partial charge in [-0.05, 0) is 13.8 Å². The lowest BCUT2D eigenvalue weighted by Crippen LogP contribution is -2.22. The summed E-state index contributed by atoms with van der Waals surface area (Å²) in [5.74, 6) is -0.965. The Morgan fingerprint density at radius 2 is 2.09 bits per heavy atom. The first-order valence-corrected chi connectivity index (χ1v) is 3.42. The number of esters is 1. The molecule has 4 heteroatoms. The van der Waals surface area contributed by atoms with Gasteiger partial charge < -0.3 is 9.84 Å². The summed E-state index contributed by atoms with van der Waals surface area (Å²) in [6.07, 6.45) is -1.46. The van der Waals surface area contributed by atoms with E-state index < -0.39 is 17.9 Å². The molecule has 0 heterocycles. The highest BCUT2D eigenvalue weighted by Gasteiger charge is 2.14.